The summed E-state index contributed by atoms with van der Waals surface area (Å²) in [6.45, 7) is 7.21. The summed E-state index contributed by atoms with van der Waals surface area (Å²) in [5.41, 5.74) is 0. The van der Waals surface area contributed by atoms with E-state index in [0.717, 1.165) is 11.4 Å². The fourth-order valence-corrected chi connectivity index (χ4v) is 3.13. The van der Waals surface area contributed by atoms with Gasteiger partial charge in [-0.1, -0.05) is 6.92 Å². The molecule has 1 aliphatic rings. The van der Waals surface area contributed by atoms with Crippen molar-refractivity contribution in [2.24, 2.45) is 0 Å². The molecule has 2 heterocycles. The molecule has 0 atom stereocenters. The van der Waals surface area contributed by atoms with Crippen molar-refractivity contribution in [2.75, 3.05) is 26.2 Å². The molecule has 1 aliphatic heterocycles. The Balaban J connectivity index is 1.89. The van der Waals surface area contributed by atoms with Gasteiger partial charge >= 0.3 is 11.8 Å². The molecule has 0 bridgehead atoms. The van der Waals surface area contributed by atoms with Crippen molar-refractivity contribution in [2.45, 2.75) is 33.2 Å². The van der Waals surface area contributed by atoms with E-state index < -0.39 is 11.8 Å². The predicted octanol–water partition coefficient (Wildman–Crippen LogP) is 0.515. The fraction of sp³-hybridized carbons (Fsp3) is 0.600. The Morgan fingerprint density at radius 3 is 2.35 bits per heavy atom. The molecule has 2 rings (SSSR count). The number of aryl methyl sites for hydroxylation is 1. The largest absolute Gasteiger partial charge is 0.346 e. The Morgan fingerprint density at radius 2 is 1.83 bits per heavy atom. The van der Waals surface area contributed by atoms with Gasteiger partial charge in [0.15, 0.2) is 0 Å². The predicted molar refractivity (Wildman–Crippen MR) is 87.3 cm³/mol. The fourth-order valence-electron chi connectivity index (χ4n) is 2.31. The molecule has 3 amide bonds. The second-order valence-electron chi connectivity index (χ2n) is 5.68. The number of nitrogens with one attached hydrogen (secondary N) is 1. The molecule has 8 heteroatoms. The Bertz CT molecular complexity index is 591. The molecule has 0 aliphatic carbocycles. The number of carbonyl (C=O) groups is 3. The Hall–Kier alpha value is -1.96. The average Bonchev–Trinajstić information content (AvgIpc) is 3.02. The zero-order chi connectivity index (χ0) is 17.0. The van der Waals surface area contributed by atoms with Crippen LogP contribution >= 0.6 is 11.3 Å². The number of nitrogens with zero attached hydrogens (tertiary/aromatic N) is 3. The number of aromatic nitrogens is 1. The van der Waals surface area contributed by atoms with Crippen molar-refractivity contribution in [3.05, 3.63) is 16.1 Å². The van der Waals surface area contributed by atoms with Crippen LogP contribution in [0.25, 0.3) is 0 Å². The van der Waals surface area contributed by atoms with E-state index in [0.29, 0.717) is 31.1 Å². The molecule has 1 aromatic rings. The summed E-state index contributed by atoms with van der Waals surface area (Å²) in [7, 11) is 0. The summed E-state index contributed by atoms with van der Waals surface area (Å²) in [6.07, 6.45) is 2.42. The maximum Gasteiger partial charge on any atom is 0.312 e. The van der Waals surface area contributed by atoms with Gasteiger partial charge in [0.25, 0.3) is 5.91 Å². The molecule has 126 valence electrons. The number of carbonyl (C=O) groups excluding carboxylic acids is 3. The molecule has 7 nitrogen and oxygen atoms in total. The molecule has 0 saturated carbocycles. The summed E-state index contributed by atoms with van der Waals surface area (Å²) >= 11 is 1.41. The first kappa shape index (κ1) is 17.4. The number of rotatable bonds is 3. The van der Waals surface area contributed by atoms with Gasteiger partial charge in [-0.15, -0.1) is 11.3 Å². The molecule has 0 spiro atoms. The van der Waals surface area contributed by atoms with Crippen LogP contribution in [0.1, 0.15) is 35.5 Å². The topological polar surface area (TPSA) is 82.6 Å². The second-order valence-corrected chi connectivity index (χ2v) is 6.80. The van der Waals surface area contributed by atoms with Gasteiger partial charge in [-0.2, -0.15) is 0 Å². The highest BCUT2D eigenvalue weighted by molar-refractivity contribution is 7.13. The Morgan fingerprint density at radius 1 is 1.22 bits per heavy atom. The molecular formula is C15H22N4O3S. The van der Waals surface area contributed by atoms with Gasteiger partial charge in [0.1, 0.15) is 4.88 Å². The number of hydrogen-bond donors (Lipinski definition) is 1. The van der Waals surface area contributed by atoms with Gasteiger partial charge in [0.05, 0.1) is 11.2 Å². The summed E-state index contributed by atoms with van der Waals surface area (Å²) in [4.78, 5) is 44.2. The highest BCUT2D eigenvalue weighted by Crippen LogP contribution is 2.17. The Kier molecular flexibility index (Phi) is 5.70. The van der Waals surface area contributed by atoms with Crippen molar-refractivity contribution in [1.29, 1.82) is 0 Å². The smallest absolute Gasteiger partial charge is 0.312 e. The summed E-state index contributed by atoms with van der Waals surface area (Å²) in [5, 5.41) is 3.53. The summed E-state index contributed by atoms with van der Waals surface area (Å²) < 4.78 is 0. The van der Waals surface area contributed by atoms with Crippen LogP contribution in [0, 0.1) is 0 Å². The van der Waals surface area contributed by atoms with Crippen LogP contribution in [-0.2, 0) is 16.0 Å². The van der Waals surface area contributed by atoms with E-state index in [4.69, 9.17) is 0 Å². The van der Waals surface area contributed by atoms with Crippen LogP contribution < -0.4 is 5.32 Å². The first-order chi connectivity index (χ1) is 10.9. The van der Waals surface area contributed by atoms with Crippen molar-refractivity contribution in [3.8, 4) is 0 Å². The van der Waals surface area contributed by atoms with Gasteiger partial charge in [-0.05, 0) is 20.3 Å². The minimum Gasteiger partial charge on any atom is -0.346 e. The number of thiazole rings is 1. The minimum absolute atomic E-state index is 0.0547. The van der Waals surface area contributed by atoms with Gasteiger partial charge in [-0.3, -0.25) is 14.4 Å². The second kappa shape index (κ2) is 7.54. The quantitative estimate of drug-likeness (QED) is 0.814. The van der Waals surface area contributed by atoms with Crippen LogP contribution in [0.5, 0.6) is 0 Å². The third-order valence-electron chi connectivity index (χ3n) is 3.53. The van der Waals surface area contributed by atoms with E-state index in [9.17, 15) is 14.4 Å². The highest BCUT2D eigenvalue weighted by Gasteiger charge is 2.29. The molecule has 0 unspecified atom stereocenters. The molecule has 1 aromatic heterocycles. The number of hydrogen-bond acceptors (Lipinski definition) is 5. The lowest BCUT2D eigenvalue weighted by Crippen LogP contribution is -2.54. The summed E-state index contributed by atoms with van der Waals surface area (Å²) in [5.74, 6) is -1.17. The van der Waals surface area contributed by atoms with Crippen LogP contribution in [0.4, 0.5) is 0 Å². The molecule has 1 N–H and O–H groups in total. The lowest BCUT2D eigenvalue weighted by Gasteiger charge is -2.34. The number of piperazine rings is 1. The van der Waals surface area contributed by atoms with Crippen LogP contribution in [-0.4, -0.2) is 64.7 Å². The lowest BCUT2D eigenvalue weighted by atomic mass is 10.2. The van der Waals surface area contributed by atoms with Gasteiger partial charge in [-0.25, -0.2) is 4.98 Å². The van der Waals surface area contributed by atoms with Crippen molar-refractivity contribution >= 4 is 29.1 Å². The summed E-state index contributed by atoms with van der Waals surface area (Å²) in [6, 6.07) is -0.0755. The van der Waals surface area contributed by atoms with E-state index in [-0.39, 0.29) is 11.9 Å². The maximum absolute atomic E-state index is 12.4. The van der Waals surface area contributed by atoms with E-state index in [1.54, 1.807) is 24.9 Å². The van der Waals surface area contributed by atoms with Gasteiger partial charge in [0, 0.05) is 32.2 Å². The maximum atomic E-state index is 12.4. The van der Waals surface area contributed by atoms with E-state index in [2.05, 4.69) is 10.3 Å². The molecule has 0 radical (unpaired) electrons. The highest BCUT2D eigenvalue weighted by atomic mass is 32.1. The standard InChI is InChI=1S/C15H22N4O3S/c1-4-12-16-9-11(23-12)14(21)18-5-7-19(8-6-18)15(22)13(20)17-10(2)3/h9-10H,4-8H2,1-3H3,(H,17,20). The molecule has 1 saturated heterocycles. The zero-order valence-electron chi connectivity index (χ0n) is 13.7. The van der Waals surface area contributed by atoms with Gasteiger partial charge < -0.3 is 15.1 Å². The van der Waals surface area contributed by atoms with Crippen molar-refractivity contribution in [1.82, 2.24) is 20.1 Å². The first-order valence-corrected chi connectivity index (χ1v) is 8.57. The van der Waals surface area contributed by atoms with Crippen LogP contribution in [0.15, 0.2) is 6.20 Å². The normalized spacial score (nSPS) is 15.0. The molecule has 23 heavy (non-hydrogen) atoms. The van der Waals surface area contributed by atoms with E-state index in [1.807, 2.05) is 6.92 Å². The SMILES string of the molecule is CCc1ncc(C(=O)N2CCN(C(=O)C(=O)NC(C)C)CC2)s1. The molecule has 1 fully saturated rings. The third kappa shape index (κ3) is 4.28. The zero-order valence-corrected chi connectivity index (χ0v) is 14.5. The number of amides is 3. The monoisotopic (exact) mass is 338 g/mol. The van der Waals surface area contributed by atoms with Crippen LogP contribution in [0.3, 0.4) is 0 Å². The van der Waals surface area contributed by atoms with Crippen molar-refractivity contribution in [3.63, 3.8) is 0 Å². The lowest BCUT2D eigenvalue weighted by molar-refractivity contribution is -0.147. The van der Waals surface area contributed by atoms with E-state index in [1.165, 1.54) is 16.2 Å². The minimum atomic E-state index is -0.588. The Labute approximate surface area is 139 Å². The first-order valence-electron chi connectivity index (χ1n) is 7.76. The van der Waals surface area contributed by atoms with E-state index >= 15 is 0 Å². The third-order valence-corrected chi connectivity index (χ3v) is 4.66. The average molecular weight is 338 g/mol. The van der Waals surface area contributed by atoms with Crippen molar-refractivity contribution < 1.29 is 14.4 Å². The van der Waals surface area contributed by atoms with Crippen LogP contribution in [0.2, 0.25) is 0 Å². The molecule has 0 aromatic carbocycles. The van der Waals surface area contributed by atoms with Gasteiger partial charge in [0.2, 0.25) is 0 Å². The molecular weight excluding hydrogens is 316 g/mol.